The molecule has 12 aromatic rings. The Labute approximate surface area is 360 Å². The van der Waals surface area contributed by atoms with Gasteiger partial charge in [0.1, 0.15) is 11.2 Å². The van der Waals surface area contributed by atoms with E-state index in [2.05, 4.69) is 229 Å². The fourth-order valence-corrected chi connectivity index (χ4v) is 9.37. The molecule has 0 aliphatic rings. The molecule has 12 rings (SSSR count). The first-order chi connectivity index (χ1) is 30.7. The number of benzene rings is 11. The molecule has 0 spiro atoms. The topological polar surface area (TPSA) is 16.4 Å². The maximum atomic E-state index is 6.23. The van der Waals surface area contributed by atoms with E-state index in [1.54, 1.807) is 0 Å². The maximum Gasteiger partial charge on any atom is 0.135 e. The highest BCUT2D eigenvalue weighted by Gasteiger charge is 2.20. The van der Waals surface area contributed by atoms with Gasteiger partial charge >= 0.3 is 0 Å². The highest BCUT2D eigenvalue weighted by atomic mass is 16.3. The van der Waals surface area contributed by atoms with E-state index in [9.17, 15) is 0 Å². The molecule has 0 bridgehead atoms. The molecule has 11 aromatic carbocycles. The van der Waals surface area contributed by atoms with Crippen LogP contribution in [0.25, 0.3) is 98.8 Å². The van der Waals surface area contributed by atoms with Gasteiger partial charge in [-0.15, -0.1) is 0 Å². The molecule has 2 heteroatoms. The minimum atomic E-state index is 0.894. The van der Waals surface area contributed by atoms with Crippen LogP contribution in [0.5, 0.6) is 0 Å². The lowest BCUT2D eigenvalue weighted by Gasteiger charge is -2.29. The molecule has 0 atom stereocenters. The monoisotopic (exact) mass is 789 g/mol. The molecule has 290 valence electrons. The molecule has 0 saturated carbocycles. The second kappa shape index (κ2) is 14.8. The first-order valence-corrected chi connectivity index (χ1v) is 21.2. The van der Waals surface area contributed by atoms with Crippen LogP contribution in [-0.2, 0) is 0 Å². The van der Waals surface area contributed by atoms with Gasteiger partial charge < -0.3 is 9.32 Å². The number of hydrogen-bond acceptors (Lipinski definition) is 2. The largest absolute Gasteiger partial charge is 0.456 e. The fourth-order valence-electron chi connectivity index (χ4n) is 9.37. The van der Waals surface area contributed by atoms with E-state index in [1.807, 2.05) is 12.1 Å². The van der Waals surface area contributed by atoms with Gasteiger partial charge in [0.2, 0.25) is 0 Å². The van der Waals surface area contributed by atoms with Crippen LogP contribution < -0.4 is 4.90 Å². The summed E-state index contributed by atoms with van der Waals surface area (Å²) < 4.78 is 6.23. The summed E-state index contributed by atoms with van der Waals surface area (Å²) >= 11 is 0. The van der Waals surface area contributed by atoms with E-state index in [1.165, 1.54) is 49.0 Å². The first kappa shape index (κ1) is 35.7. The van der Waals surface area contributed by atoms with Crippen LogP contribution >= 0.6 is 0 Å². The highest BCUT2D eigenvalue weighted by molar-refractivity contribution is 6.14. The van der Waals surface area contributed by atoms with Gasteiger partial charge in [-0.1, -0.05) is 176 Å². The smallest absolute Gasteiger partial charge is 0.135 e. The SMILES string of the molecule is c1ccc(-c2ccc(-c3ccc4ccccc4c3)cc2N(c2ccc(-c3cc4ccccc4c4ccccc34)cc2)c2cccc(-c3ccc4oc5ccccc5c4c3)c2)cc1. The second-order valence-corrected chi connectivity index (χ2v) is 16.1. The Hall–Kier alpha value is -8.20. The summed E-state index contributed by atoms with van der Waals surface area (Å²) in [6.07, 6.45) is 0. The van der Waals surface area contributed by atoms with Gasteiger partial charge in [0, 0.05) is 27.7 Å². The van der Waals surface area contributed by atoms with Crippen LogP contribution in [0, 0.1) is 0 Å². The molecule has 0 saturated heterocycles. The van der Waals surface area contributed by atoms with Crippen molar-refractivity contribution in [1.29, 1.82) is 0 Å². The number of rotatable bonds is 7. The van der Waals surface area contributed by atoms with Crippen molar-refractivity contribution >= 4 is 71.3 Å². The van der Waals surface area contributed by atoms with Gasteiger partial charge in [-0.3, -0.25) is 0 Å². The lowest BCUT2D eigenvalue weighted by Crippen LogP contribution is -2.11. The summed E-state index contributed by atoms with van der Waals surface area (Å²) in [5, 5.41) is 9.73. The minimum Gasteiger partial charge on any atom is -0.456 e. The minimum absolute atomic E-state index is 0.894. The summed E-state index contributed by atoms with van der Waals surface area (Å²) in [6.45, 7) is 0. The van der Waals surface area contributed by atoms with Gasteiger partial charge in [-0.05, 0) is 132 Å². The molecule has 0 aliphatic heterocycles. The molecule has 0 unspecified atom stereocenters. The third-order valence-electron chi connectivity index (χ3n) is 12.4. The number of anilines is 3. The van der Waals surface area contributed by atoms with Crippen molar-refractivity contribution in [2.45, 2.75) is 0 Å². The molecule has 1 aromatic heterocycles. The summed E-state index contributed by atoms with van der Waals surface area (Å²) in [7, 11) is 0. The van der Waals surface area contributed by atoms with Crippen LogP contribution in [0.1, 0.15) is 0 Å². The standard InChI is InChI=1S/C60H39NO/c1-2-14-41(15-3-1)52-33-29-47(45-26-25-40-13-4-5-16-43(40)35-45)39-58(52)61(50-19-12-18-44(36-50)46-30-34-60-57(37-46)55-23-10-11-24-59(55)62-60)49-31-27-42(28-32-49)56-38-48-17-6-7-20-51(48)53-21-8-9-22-54(53)56/h1-39H. The lowest BCUT2D eigenvalue weighted by molar-refractivity contribution is 0.669. The Balaban J connectivity index is 1.06. The fraction of sp³-hybridized carbons (Fsp3) is 0. The second-order valence-electron chi connectivity index (χ2n) is 16.1. The van der Waals surface area contributed by atoms with Crippen molar-refractivity contribution < 1.29 is 4.42 Å². The summed E-state index contributed by atoms with van der Waals surface area (Å²) in [5.74, 6) is 0. The molecule has 0 fully saturated rings. The number of hydrogen-bond donors (Lipinski definition) is 0. The van der Waals surface area contributed by atoms with E-state index in [0.717, 1.165) is 66.8 Å². The molecule has 0 radical (unpaired) electrons. The maximum absolute atomic E-state index is 6.23. The Bertz CT molecular complexity index is 3640. The van der Waals surface area contributed by atoms with E-state index < -0.39 is 0 Å². The Morgan fingerprint density at radius 3 is 1.69 bits per heavy atom. The van der Waals surface area contributed by atoms with Crippen molar-refractivity contribution in [3.63, 3.8) is 0 Å². The zero-order valence-electron chi connectivity index (χ0n) is 33.9. The van der Waals surface area contributed by atoms with Gasteiger partial charge in [-0.25, -0.2) is 0 Å². The Morgan fingerprint density at radius 1 is 0.258 bits per heavy atom. The van der Waals surface area contributed by atoms with E-state index >= 15 is 0 Å². The van der Waals surface area contributed by atoms with Crippen LogP contribution in [0.4, 0.5) is 17.1 Å². The average Bonchev–Trinajstić information content (AvgIpc) is 3.72. The summed E-state index contributed by atoms with van der Waals surface area (Å²) in [4.78, 5) is 2.43. The number of nitrogens with zero attached hydrogens (tertiary/aromatic N) is 1. The number of para-hydroxylation sites is 1. The molecule has 1 heterocycles. The zero-order valence-corrected chi connectivity index (χ0v) is 33.9. The molecular formula is C60H39NO. The van der Waals surface area contributed by atoms with Crippen molar-refractivity contribution in [3.8, 4) is 44.5 Å². The molecular weight excluding hydrogens is 751 g/mol. The third kappa shape index (κ3) is 6.20. The van der Waals surface area contributed by atoms with Crippen molar-refractivity contribution in [2.24, 2.45) is 0 Å². The van der Waals surface area contributed by atoms with Gasteiger partial charge in [0.05, 0.1) is 5.69 Å². The molecule has 0 aliphatic carbocycles. The molecule has 62 heavy (non-hydrogen) atoms. The summed E-state index contributed by atoms with van der Waals surface area (Å²) in [6, 6.07) is 85.8. The van der Waals surface area contributed by atoms with Gasteiger partial charge in [0.15, 0.2) is 0 Å². The molecule has 0 amide bonds. The van der Waals surface area contributed by atoms with Crippen LogP contribution in [0.3, 0.4) is 0 Å². The highest BCUT2D eigenvalue weighted by Crippen LogP contribution is 2.45. The van der Waals surface area contributed by atoms with Crippen LogP contribution in [0.15, 0.2) is 241 Å². The van der Waals surface area contributed by atoms with E-state index in [-0.39, 0.29) is 0 Å². The predicted molar refractivity (Wildman–Crippen MR) is 263 cm³/mol. The zero-order chi connectivity index (χ0) is 41.0. The van der Waals surface area contributed by atoms with Crippen molar-refractivity contribution in [3.05, 3.63) is 237 Å². The van der Waals surface area contributed by atoms with Gasteiger partial charge in [-0.2, -0.15) is 0 Å². The first-order valence-electron chi connectivity index (χ1n) is 21.2. The van der Waals surface area contributed by atoms with Crippen molar-refractivity contribution in [1.82, 2.24) is 0 Å². The lowest BCUT2D eigenvalue weighted by atomic mass is 9.93. The number of fused-ring (bicyclic) bond motifs is 7. The van der Waals surface area contributed by atoms with Crippen molar-refractivity contribution in [2.75, 3.05) is 4.90 Å². The quantitative estimate of drug-likeness (QED) is 0.150. The Kier molecular flexibility index (Phi) is 8.53. The Morgan fingerprint density at radius 2 is 0.839 bits per heavy atom. The molecule has 0 N–H and O–H groups in total. The van der Waals surface area contributed by atoms with Crippen LogP contribution in [-0.4, -0.2) is 0 Å². The van der Waals surface area contributed by atoms with Gasteiger partial charge in [0.25, 0.3) is 0 Å². The number of furan rings is 1. The third-order valence-corrected chi connectivity index (χ3v) is 12.4. The predicted octanol–water partition coefficient (Wildman–Crippen LogP) is 17.2. The molecule has 2 nitrogen and oxygen atoms in total. The average molecular weight is 790 g/mol. The van der Waals surface area contributed by atoms with E-state index in [4.69, 9.17) is 4.42 Å². The normalized spacial score (nSPS) is 11.5. The van der Waals surface area contributed by atoms with Crippen LogP contribution in [0.2, 0.25) is 0 Å². The van der Waals surface area contributed by atoms with E-state index in [0.29, 0.717) is 0 Å². The summed E-state index contributed by atoms with van der Waals surface area (Å²) in [5.41, 5.74) is 14.3.